The van der Waals surface area contributed by atoms with Crippen molar-refractivity contribution in [1.82, 2.24) is 0 Å². The average Bonchev–Trinajstić information content (AvgIpc) is 2.47. The Morgan fingerprint density at radius 2 is 1.95 bits per heavy atom. The van der Waals surface area contributed by atoms with Gasteiger partial charge in [-0.3, -0.25) is 0 Å². The molecule has 0 aliphatic rings. The molecule has 0 spiro atoms. The Balaban J connectivity index is 2.31. The van der Waals surface area contributed by atoms with E-state index in [9.17, 15) is 4.39 Å². The Morgan fingerprint density at radius 1 is 1.20 bits per heavy atom. The lowest BCUT2D eigenvalue weighted by Crippen LogP contribution is -2.18. The van der Waals surface area contributed by atoms with E-state index < -0.39 is 5.82 Å². The van der Waals surface area contributed by atoms with E-state index >= 15 is 0 Å². The first-order valence-corrected chi connectivity index (χ1v) is 6.19. The minimum atomic E-state index is -0.503. The van der Waals surface area contributed by atoms with E-state index in [-0.39, 0.29) is 5.56 Å². The normalized spacial score (nSPS) is 9.90. The third kappa shape index (κ3) is 2.72. The molecular formula is C16H15FN2O. The first-order chi connectivity index (χ1) is 9.67. The fourth-order valence-corrected chi connectivity index (χ4v) is 2.12. The number of halogens is 1. The molecule has 0 unspecified atom stereocenters. The molecule has 20 heavy (non-hydrogen) atoms. The lowest BCUT2D eigenvalue weighted by atomic mass is 10.1. The second-order valence-electron chi connectivity index (χ2n) is 4.41. The summed E-state index contributed by atoms with van der Waals surface area (Å²) in [6, 6.07) is 14.2. The van der Waals surface area contributed by atoms with Gasteiger partial charge < -0.3 is 9.64 Å². The smallest absolute Gasteiger partial charge is 0.143 e. The Morgan fingerprint density at radius 3 is 2.65 bits per heavy atom. The number of hydrogen-bond donors (Lipinski definition) is 0. The average molecular weight is 270 g/mol. The number of hydrogen-bond acceptors (Lipinski definition) is 3. The van der Waals surface area contributed by atoms with Gasteiger partial charge in [0.2, 0.25) is 0 Å². The number of ether oxygens (including phenoxy) is 1. The molecule has 2 rings (SSSR count). The summed E-state index contributed by atoms with van der Waals surface area (Å²) in [6.45, 7) is 0.530. The molecule has 2 aromatic rings. The Hall–Kier alpha value is -2.54. The number of nitrogens with zero attached hydrogens (tertiary/aromatic N) is 2. The van der Waals surface area contributed by atoms with Crippen molar-refractivity contribution in [3.8, 4) is 11.8 Å². The molecule has 0 N–H and O–H groups in total. The Bertz CT molecular complexity index is 649. The number of nitriles is 1. The van der Waals surface area contributed by atoms with E-state index in [0.29, 0.717) is 12.2 Å². The van der Waals surface area contributed by atoms with Crippen LogP contribution in [-0.4, -0.2) is 14.2 Å². The van der Waals surface area contributed by atoms with Gasteiger partial charge in [-0.05, 0) is 18.2 Å². The summed E-state index contributed by atoms with van der Waals surface area (Å²) in [7, 11) is 3.43. The van der Waals surface area contributed by atoms with Crippen molar-refractivity contribution in [3.05, 3.63) is 59.4 Å². The molecule has 4 heteroatoms. The van der Waals surface area contributed by atoms with Crippen LogP contribution in [0.1, 0.15) is 11.1 Å². The van der Waals surface area contributed by atoms with Crippen molar-refractivity contribution in [2.75, 3.05) is 19.1 Å². The minimum Gasteiger partial charge on any atom is -0.496 e. The number of benzene rings is 2. The molecule has 0 aliphatic heterocycles. The van der Waals surface area contributed by atoms with Crippen molar-refractivity contribution in [2.45, 2.75) is 6.54 Å². The van der Waals surface area contributed by atoms with Crippen molar-refractivity contribution >= 4 is 5.69 Å². The lowest BCUT2D eigenvalue weighted by molar-refractivity contribution is 0.409. The van der Waals surface area contributed by atoms with Crippen LogP contribution in [0.4, 0.5) is 10.1 Å². The molecular weight excluding hydrogens is 255 g/mol. The van der Waals surface area contributed by atoms with E-state index in [1.165, 1.54) is 6.07 Å². The van der Waals surface area contributed by atoms with Gasteiger partial charge in [0.05, 0.1) is 12.8 Å². The van der Waals surface area contributed by atoms with Crippen LogP contribution in [-0.2, 0) is 6.54 Å². The molecule has 2 aromatic carbocycles. The molecule has 0 saturated heterocycles. The number of rotatable bonds is 4. The maximum atomic E-state index is 13.6. The third-order valence-corrected chi connectivity index (χ3v) is 3.11. The van der Waals surface area contributed by atoms with Crippen molar-refractivity contribution < 1.29 is 9.13 Å². The quantitative estimate of drug-likeness (QED) is 0.855. The standard InChI is InChI=1S/C16H15FN2O/c1-19(11-12-6-3-4-9-16(12)20-2)15-8-5-7-14(17)13(15)10-18/h3-9H,11H2,1-2H3. The first-order valence-electron chi connectivity index (χ1n) is 6.19. The van der Waals surface area contributed by atoms with Crippen LogP contribution in [0.5, 0.6) is 5.75 Å². The summed E-state index contributed by atoms with van der Waals surface area (Å²) in [5.41, 5.74) is 1.61. The zero-order chi connectivity index (χ0) is 14.5. The van der Waals surface area contributed by atoms with Gasteiger partial charge in [-0.15, -0.1) is 0 Å². The molecule has 0 radical (unpaired) electrons. The molecule has 0 aliphatic carbocycles. The summed E-state index contributed by atoms with van der Waals surface area (Å²) >= 11 is 0. The third-order valence-electron chi connectivity index (χ3n) is 3.11. The number of para-hydroxylation sites is 1. The van der Waals surface area contributed by atoms with Gasteiger partial charge in [0.1, 0.15) is 23.2 Å². The number of methoxy groups -OCH3 is 1. The van der Waals surface area contributed by atoms with E-state index in [0.717, 1.165) is 11.3 Å². The molecule has 0 aromatic heterocycles. The van der Waals surface area contributed by atoms with Gasteiger partial charge in [-0.2, -0.15) is 5.26 Å². The van der Waals surface area contributed by atoms with Gasteiger partial charge in [0, 0.05) is 19.2 Å². The molecule has 0 atom stereocenters. The van der Waals surface area contributed by atoms with Crippen LogP contribution >= 0.6 is 0 Å². The second-order valence-corrected chi connectivity index (χ2v) is 4.41. The van der Waals surface area contributed by atoms with Crippen LogP contribution in [0, 0.1) is 17.1 Å². The molecule has 3 nitrogen and oxygen atoms in total. The maximum absolute atomic E-state index is 13.6. The SMILES string of the molecule is COc1ccccc1CN(C)c1cccc(F)c1C#N. The zero-order valence-electron chi connectivity index (χ0n) is 11.4. The predicted octanol–water partition coefficient (Wildman–Crippen LogP) is 3.34. The molecule has 0 heterocycles. The van der Waals surface area contributed by atoms with Crippen molar-refractivity contribution in [3.63, 3.8) is 0 Å². The highest BCUT2D eigenvalue weighted by atomic mass is 19.1. The zero-order valence-corrected chi connectivity index (χ0v) is 11.4. The van der Waals surface area contributed by atoms with E-state index in [4.69, 9.17) is 10.00 Å². The molecule has 0 fully saturated rings. The maximum Gasteiger partial charge on any atom is 0.143 e. The summed E-state index contributed by atoms with van der Waals surface area (Å²) < 4.78 is 18.9. The summed E-state index contributed by atoms with van der Waals surface area (Å²) in [4.78, 5) is 1.83. The molecule has 102 valence electrons. The fourth-order valence-electron chi connectivity index (χ4n) is 2.12. The highest BCUT2D eigenvalue weighted by Crippen LogP contribution is 2.25. The van der Waals surface area contributed by atoms with E-state index in [1.54, 1.807) is 19.2 Å². The second kappa shape index (κ2) is 6.07. The largest absolute Gasteiger partial charge is 0.496 e. The first kappa shape index (κ1) is 13.9. The molecule has 0 bridgehead atoms. The summed E-state index contributed by atoms with van der Waals surface area (Å²) in [5, 5.41) is 9.07. The molecule has 0 amide bonds. The highest BCUT2D eigenvalue weighted by Gasteiger charge is 2.13. The Labute approximate surface area is 117 Å². The number of anilines is 1. The Kier molecular flexibility index (Phi) is 4.21. The van der Waals surface area contributed by atoms with Gasteiger partial charge in [0.15, 0.2) is 0 Å². The fraction of sp³-hybridized carbons (Fsp3) is 0.188. The predicted molar refractivity (Wildman–Crippen MR) is 76.2 cm³/mol. The van der Waals surface area contributed by atoms with E-state index in [1.807, 2.05) is 42.3 Å². The molecule has 0 saturated carbocycles. The van der Waals surface area contributed by atoms with E-state index in [2.05, 4.69) is 0 Å². The van der Waals surface area contributed by atoms with Crippen LogP contribution in [0.15, 0.2) is 42.5 Å². The van der Waals surface area contributed by atoms with Crippen LogP contribution < -0.4 is 9.64 Å². The van der Waals surface area contributed by atoms with Gasteiger partial charge >= 0.3 is 0 Å². The van der Waals surface area contributed by atoms with Crippen molar-refractivity contribution in [1.29, 1.82) is 5.26 Å². The van der Waals surface area contributed by atoms with Gasteiger partial charge in [-0.1, -0.05) is 24.3 Å². The summed E-state index contributed by atoms with van der Waals surface area (Å²) in [6.07, 6.45) is 0. The van der Waals surface area contributed by atoms with Gasteiger partial charge in [0.25, 0.3) is 0 Å². The van der Waals surface area contributed by atoms with Crippen LogP contribution in [0.2, 0.25) is 0 Å². The lowest BCUT2D eigenvalue weighted by Gasteiger charge is -2.21. The van der Waals surface area contributed by atoms with Crippen LogP contribution in [0.25, 0.3) is 0 Å². The summed E-state index contributed by atoms with van der Waals surface area (Å²) in [5.74, 6) is 0.270. The van der Waals surface area contributed by atoms with Crippen LogP contribution in [0.3, 0.4) is 0 Å². The highest BCUT2D eigenvalue weighted by molar-refractivity contribution is 5.59. The van der Waals surface area contributed by atoms with Gasteiger partial charge in [-0.25, -0.2) is 4.39 Å². The topological polar surface area (TPSA) is 36.3 Å². The minimum absolute atomic E-state index is 0.0601. The van der Waals surface area contributed by atoms with Crippen molar-refractivity contribution in [2.24, 2.45) is 0 Å². The monoisotopic (exact) mass is 270 g/mol.